The summed E-state index contributed by atoms with van der Waals surface area (Å²) in [5.74, 6) is -0.478. The highest BCUT2D eigenvalue weighted by molar-refractivity contribution is 7.92. The molecule has 11 heteroatoms. The molecule has 0 radical (unpaired) electrons. The van der Waals surface area contributed by atoms with Gasteiger partial charge in [0.25, 0.3) is 0 Å². The maximum atomic E-state index is 13.7. The molecule has 1 N–H and O–H groups in total. The Hall–Kier alpha value is -2.49. The summed E-state index contributed by atoms with van der Waals surface area (Å²) in [6.07, 6.45) is 2.03. The minimum atomic E-state index is -3.86. The fraction of sp³-hybridized carbons (Fsp3) is 0.440. The smallest absolute Gasteiger partial charge is 0.244 e. The summed E-state index contributed by atoms with van der Waals surface area (Å²) in [6.45, 7) is 5.00. The molecule has 0 fully saturated rings. The number of methoxy groups -OCH3 is 1. The van der Waals surface area contributed by atoms with Crippen molar-refractivity contribution in [2.45, 2.75) is 52.2 Å². The van der Waals surface area contributed by atoms with Crippen LogP contribution in [0.5, 0.6) is 5.75 Å². The summed E-state index contributed by atoms with van der Waals surface area (Å²) in [7, 11) is -2.39. The molecular weight excluding hydrogens is 525 g/mol. The summed E-state index contributed by atoms with van der Waals surface area (Å²) >= 11 is 12.8. The second-order valence-corrected chi connectivity index (χ2v) is 11.2. The van der Waals surface area contributed by atoms with Crippen molar-refractivity contribution in [2.75, 3.05) is 24.2 Å². The fourth-order valence-electron chi connectivity index (χ4n) is 3.59. The van der Waals surface area contributed by atoms with Crippen LogP contribution >= 0.6 is 23.2 Å². The maximum absolute atomic E-state index is 13.7. The van der Waals surface area contributed by atoms with Crippen LogP contribution in [0.2, 0.25) is 10.0 Å². The Morgan fingerprint density at radius 3 is 2.19 bits per heavy atom. The molecule has 2 aromatic rings. The van der Waals surface area contributed by atoms with Gasteiger partial charge in [-0.1, -0.05) is 49.2 Å². The van der Waals surface area contributed by atoms with E-state index >= 15 is 0 Å². The van der Waals surface area contributed by atoms with Gasteiger partial charge in [-0.25, -0.2) is 8.42 Å². The molecule has 0 saturated carbocycles. The topological polar surface area (TPSA) is 96.0 Å². The van der Waals surface area contributed by atoms with Crippen molar-refractivity contribution in [1.29, 1.82) is 0 Å². The van der Waals surface area contributed by atoms with Gasteiger partial charge in [0.05, 0.1) is 19.1 Å². The number of anilines is 1. The van der Waals surface area contributed by atoms with Gasteiger partial charge in [-0.2, -0.15) is 0 Å². The van der Waals surface area contributed by atoms with Gasteiger partial charge in [0.2, 0.25) is 21.8 Å². The lowest BCUT2D eigenvalue weighted by molar-refractivity contribution is -0.140. The summed E-state index contributed by atoms with van der Waals surface area (Å²) in [5.41, 5.74) is 0.731. The number of benzene rings is 2. The van der Waals surface area contributed by atoms with Crippen molar-refractivity contribution in [1.82, 2.24) is 10.2 Å². The lowest BCUT2D eigenvalue weighted by Crippen LogP contribution is -2.53. The molecule has 0 aromatic heterocycles. The summed E-state index contributed by atoms with van der Waals surface area (Å²) < 4.78 is 31.6. The molecule has 2 aromatic carbocycles. The van der Waals surface area contributed by atoms with Crippen LogP contribution in [0.4, 0.5) is 5.69 Å². The van der Waals surface area contributed by atoms with Crippen LogP contribution in [0.3, 0.4) is 0 Å². The molecule has 0 aliphatic carbocycles. The van der Waals surface area contributed by atoms with Crippen molar-refractivity contribution in [3.63, 3.8) is 0 Å². The monoisotopic (exact) mass is 557 g/mol. The van der Waals surface area contributed by atoms with Gasteiger partial charge >= 0.3 is 0 Å². The average molecular weight is 559 g/mol. The quantitative estimate of drug-likeness (QED) is 0.414. The molecule has 36 heavy (non-hydrogen) atoms. The average Bonchev–Trinajstić information content (AvgIpc) is 2.83. The van der Waals surface area contributed by atoms with Gasteiger partial charge in [-0.15, -0.1) is 0 Å². The minimum absolute atomic E-state index is 0.0700. The van der Waals surface area contributed by atoms with Gasteiger partial charge in [0.15, 0.2) is 0 Å². The van der Waals surface area contributed by atoms with Crippen LogP contribution in [0.1, 0.15) is 39.2 Å². The number of nitrogens with one attached hydrogen (secondary N) is 1. The number of hydrogen-bond acceptors (Lipinski definition) is 5. The third kappa shape index (κ3) is 7.75. The molecule has 2 atom stereocenters. The van der Waals surface area contributed by atoms with Crippen LogP contribution < -0.4 is 14.4 Å². The van der Waals surface area contributed by atoms with E-state index in [1.165, 1.54) is 18.1 Å². The molecule has 0 heterocycles. The third-order valence-corrected chi connectivity index (χ3v) is 7.65. The first-order valence-corrected chi connectivity index (χ1v) is 14.2. The second-order valence-electron chi connectivity index (χ2n) is 8.43. The number of carbonyl (C=O) groups excluding carboxylic acids is 2. The number of nitrogens with zero attached hydrogens (tertiary/aromatic N) is 2. The van der Waals surface area contributed by atoms with Crippen molar-refractivity contribution in [2.24, 2.45) is 0 Å². The van der Waals surface area contributed by atoms with Crippen LogP contribution in [-0.4, -0.2) is 57.1 Å². The van der Waals surface area contributed by atoms with Crippen LogP contribution in [-0.2, 0) is 26.2 Å². The van der Waals surface area contributed by atoms with E-state index in [2.05, 4.69) is 5.32 Å². The number of amides is 2. The first kappa shape index (κ1) is 29.7. The van der Waals surface area contributed by atoms with Crippen molar-refractivity contribution in [3.05, 3.63) is 58.1 Å². The molecule has 2 rings (SSSR count). The SMILES string of the molecule is CC[C@H](C)NC(=O)[C@H](CC)N(Cc1c(Cl)cccc1Cl)C(=O)CN(c1cccc(OC)c1)S(C)(=O)=O. The standard InChI is InChI=1S/C25H33Cl2N3O5S/c1-6-17(3)28-25(32)23(7-2)29(15-20-21(26)12-9-13-22(20)27)24(31)16-30(36(5,33)34)18-10-8-11-19(14-18)35-4/h8-14,17,23H,6-7,15-16H2,1-5H3,(H,28,32)/t17-,23-/m0/s1. The number of halogens is 2. The molecule has 0 bridgehead atoms. The normalized spacial score (nSPS) is 13.0. The Morgan fingerprint density at radius 2 is 1.67 bits per heavy atom. The summed E-state index contributed by atoms with van der Waals surface area (Å²) in [4.78, 5) is 28.2. The molecule has 0 aliphatic heterocycles. The van der Waals surface area contributed by atoms with Crippen LogP contribution in [0, 0.1) is 0 Å². The first-order valence-electron chi connectivity index (χ1n) is 11.6. The van der Waals surface area contributed by atoms with E-state index in [1.54, 1.807) is 43.3 Å². The van der Waals surface area contributed by atoms with Crippen molar-refractivity contribution < 1.29 is 22.7 Å². The highest BCUT2D eigenvalue weighted by Gasteiger charge is 2.33. The number of ether oxygens (including phenoxy) is 1. The maximum Gasteiger partial charge on any atom is 0.244 e. The molecule has 0 unspecified atom stereocenters. The summed E-state index contributed by atoms with van der Waals surface area (Å²) in [6, 6.07) is 10.4. The van der Waals surface area contributed by atoms with Gasteiger partial charge in [-0.05, 0) is 44.0 Å². The van der Waals surface area contributed by atoms with Crippen LogP contribution in [0.25, 0.3) is 0 Å². The molecular formula is C25H33Cl2N3O5S. The molecule has 2 amide bonds. The summed E-state index contributed by atoms with van der Waals surface area (Å²) in [5, 5.41) is 3.59. The van der Waals surface area contributed by atoms with Gasteiger partial charge in [-0.3, -0.25) is 13.9 Å². The largest absolute Gasteiger partial charge is 0.497 e. The first-order chi connectivity index (χ1) is 16.9. The second kappa shape index (κ2) is 13.2. The van der Waals surface area contributed by atoms with E-state index in [4.69, 9.17) is 27.9 Å². The van der Waals surface area contributed by atoms with Gasteiger partial charge < -0.3 is 15.0 Å². The Morgan fingerprint density at radius 1 is 1.06 bits per heavy atom. The lowest BCUT2D eigenvalue weighted by Gasteiger charge is -2.33. The van der Waals surface area contributed by atoms with Gasteiger partial charge in [0.1, 0.15) is 18.3 Å². The highest BCUT2D eigenvalue weighted by Crippen LogP contribution is 2.28. The van der Waals surface area contributed by atoms with E-state index in [1.807, 2.05) is 13.8 Å². The molecule has 0 saturated heterocycles. The fourth-order valence-corrected chi connectivity index (χ4v) is 4.95. The molecule has 0 spiro atoms. The Balaban J connectivity index is 2.51. The van der Waals surface area contributed by atoms with E-state index in [0.29, 0.717) is 34.2 Å². The van der Waals surface area contributed by atoms with E-state index in [-0.39, 0.29) is 24.2 Å². The lowest BCUT2D eigenvalue weighted by atomic mass is 10.1. The zero-order chi connectivity index (χ0) is 27.0. The Kier molecular flexibility index (Phi) is 10.9. The minimum Gasteiger partial charge on any atom is -0.497 e. The van der Waals surface area contributed by atoms with Crippen LogP contribution in [0.15, 0.2) is 42.5 Å². The number of hydrogen-bond donors (Lipinski definition) is 1. The van der Waals surface area contributed by atoms with Gasteiger partial charge in [0, 0.05) is 34.3 Å². The Labute approximate surface area is 223 Å². The molecule has 198 valence electrons. The highest BCUT2D eigenvalue weighted by atomic mass is 35.5. The zero-order valence-electron chi connectivity index (χ0n) is 21.1. The molecule has 0 aliphatic rings. The number of carbonyl (C=O) groups is 2. The Bertz CT molecular complexity index is 1160. The predicted molar refractivity (Wildman–Crippen MR) is 144 cm³/mol. The van der Waals surface area contributed by atoms with Crippen molar-refractivity contribution >= 4 is 50.7 Å². The van der Waals surface area contributed by atoms with E-state index in [0.717, 1.165) is 10.6 Å². The molecule has 8 nitrogen and oxygen atoms in total. The van der Waals surface area contributed by atoms with E-state index in [9.17, 15) is 18.0 Å². The van der Waals surface area contributed by atoms with E-state index < -0.39 is 28.5 Å². The number of sulfonamides is 1. The third-order valence-electron chi connectivity index (χ3n) is 5.80. The zero-order valence-corrected chi connectivity index (χ0v) is 23.5. The predicted octanol–water partition coefficient (Wildman–Crippen LogP) is 4.49. The number of rotatable bonds is 12. The van der Waals surface area contributed by atoms with Crippen molar-refractivity contribution in [3.8, 4) is 5.75 Å².